The molecule has 0 spiro atoms. The van der Waals surface area contributed by atoms with Crippen molar-refractivity contribution < 1.29 is 18.4 Å². The first-order chi connectivity index (χ1) is 14.6. The van der Waals surface area contributed by atoms with Crippen LogP contribution in [0.25, 0.3) is 11.1 Å². The molecule has 9 heteroatoms. The van der Waals surface area contributed by atoms with E-state index in [0.717, 1.165) is 42.9 Å². The Labute approximate surface area is 178 Å². The monoisotopic (exact) mass is 430 g/mol. The zero-order valence-corrected chi connectivity index (χ0v) is 17.5. The van der Waals surface area contributed by atoms with Gasteiger partial charge < -0.3 is 23.4 Å². The third-order valence-electron chi connectivity index (χ3n) is 5.81. The molecule has 1 saturated heterocycles. The van der Waals surface area contributed by atoms with Crippen molar-refractivity contribution in [1.82, 2.24) is 14.9 Å². The Morgan fingerprint density at radius 1 is 1.23 bits per heavy atom. The van der Waals surface area contributed by atoms with Crippen molar-refractivity contribution >= 4 is 34.6 Å². The highest BCUT2D eigenvalue weighted by Gasteiger charge is 2.33. The number of anilines is 1. The van der Waals surface area contributed by atoms with E-state index in [2.05, 4.69) is 14.9 Å². The molecule has 0 unspecified atom stereocenters. The predicted molar refractivity (Wildman–Crippen MR) is 110 cm³/mol. The van der Waals surface area contributed by atoms with Gasteiger partial charge in [-0.05, 0) is 25.0 Å². The number of oxazole rings is 2. The maximum Gasteiger partial charge on any atom is 0.298 e. The first-order valence-electron chi connectivity index (χ1n) is 10.2. The average Bonchev–Trinajstić information content (AvgIpc) is 3.36. The minimum absolute atomic E-state index is 0.00645. The minimum Gasteiger partial charge on any atom is -0.443 e. The maximum atomic E-state index is 13.1. The molecule has 1 amide bonds. The van der Waals surface area contributed by atoms with Crippen LogP contribution in [0.4, 0.5) is 6.01 Å². The summed E-state index contributed by atoms with van der Waals surface area (Å²) >= 11 is 6.03. The van der Waals surface area contributed by atoms with Gasteiger partial charge in [0.05, 0.1) is 6.54 Å². The first-order valence-corrected chi connectivity index (χ1v) is 10.5. The van der Waals surface area contributed by atoms with Crippen LogP contribution in [0.5, 0.6) is 0 Å². The molecule has 0 bridgehead atoms. The molecule has 0 aliphatic carbocycles. The summed E-state index contributed by atoms with van der Waals surface area (Å²) in [5, 5.41) is 0.626. The Kier molecular flexibility index (Phi) is 5.12. The van der Waals surface area contributed by atoms with Crippen LogP contribution in [0.15, 0.2) is 27.0 Å². The standard InChI is InChI=1S/C21H23ClN4O4/c1-28-12-19-23-16-11-26(9-6-17(16)29-19)20(27)13-4-7-25(8-5-13)21-24-15-3-2-14(22)10-18(15)30-21/h2-3,10,13H,4-9,11-12H2,1H3. The molecule has 2 aliphatic heterocycles. The Bertz CT molecular complexity index is 1070. The summed E-state index contributed by atoms with van der Waals surface area (Å²) in [6, 6.07) is 6.02. The second-order valence-corrected chi connectivity index (χ2v) is 8.23. The van der Waals surface area contributed by atoms with E-state index in [0.29, 0.717) is 48.6 Å². The van der Waals surface area contributed by atoms with E-state index < -0.39 is 0 Å². The van der Waals surface area contributed by atoms with Gasteiger partial charge in [-0.2, -0.15) is 4.98 Å². The average molecular weight is 431 g/mol. The molecule has 3 aromatic rings. The number of benzene rings is 1. The SMILES string of the molecule is COCc1nc2c(o1)CCN(C(=O)C1CCN(c3nc4ccc(Cl)cc4o3)CC1)C2. The van der Waals surface area contributed by atoms with Crippen molar-refractivity contribution in [2.75, 3.05) is 31.6 Å². The Balaban J connectivity index is 1.21. The number of nitrogens with zero attached hydrogens (tertiary/aromatic N) is 4. The van der Waals surface area contributed by atoms with E-state index in [-0.39, 0.29) is 11.8 Å². The topological polar surface area (TPSA) is 84.8 Å². The highest BCUT2D eigenvalue weighted by molar-refractivity contribution is 6.31. The van der Waals surface area contributed by atoms with Gasteiger partial charge in [0.15, 0.2) is 5.58 Å². The van der Waals surface area contributed by atoms with Crippen molar-refractivity contribution in [3.8, 4) is 0 Å². The summed E-state index contributed by atoms with van der Waals surface area (Å²) in [6.45, 7) is 2.99. The highest BCUT2D eigenvalue weighted by Crippen LogP contribution is 2.29. The van der Waals surface area contributed by atoms with Crippen LogP contribution in [-0.2, 0) is 29.1 Å². The molecule has 0 radical (unpaired) electrons. The van der Waals surface area contributed by atoms with Gasteiger partial charge in [-0.3, -0.25) is 4.79 Å². The Hall–Kier alpha value is -2.58. The van der Waals surface area contributed by atoms with E-state index in [1.807, 2.05) is 11.0 Å². The summed E-state index contributed by atoms with van der Waals surface area (Å²) in [4.78, 5) is 26.1. The first kappa shape index (κ1) is 19.4. The second kappa shape index (κ2) is 7.92. The van der Waals surface area contributed by atoms with E-state index in [4.69, 9.17) is 25.2 Å². The lowest BCUT2D eigenvalue weighted by Gasteiger charge is -2.34. The van der Waals surface area contributed by atoms with Gasteiger partial charge in [-0.25, -0.2) is 4.98 Å². The number of fused-ring (bicyclic) bond motifs is 2. The zero-order valence-electron chi connectivity index (χ0n) is 16.8. The molecular weight excluding hydrogens is 408 g/mol. The Morgan fingerprint density at radius 3 is 2.87 bits per heavy atom. The van der Waals surface area contributed by atoms with Crippen LogP contribution in [-0.4, -0.2) is 47.5 Å². The maximum absolute atomic E-state index is 13.1. The summed E-state index contributed by atoms with van der Waals surface area (Å²) in [5.74, 6) is 1.65. The van der Waals surface area contributed by atoms with Gasteiger partial charge in [0, 0.05) is 50.2 Å². The fourth-order valence-corrected chi connectivity index (χ4v) is 4.38. The quantitative estimate of drug-likeness (QED) is 0.626. The third-order valence-corrected chi connectivity index (χ3v) is 6.04. The molecule has 1 fully saturated rings. The van der Waals surface area contributed by atoms with Crippen LogP contribution in [0.1, 0.15) is 30.2 Å². The van der Waals surface area contributed by atoms with Crippen molar-refractivity contribution in [2.24, 2.45) is 5.92 Å². The molecule has 1 aromatic carbocycles. The number of carbonyl (C=O) groups is 1. The van der Waals surface area contributed by atoms with Gasteiger partial charge in [0.2, 0.25) is 11.8 Å². The van der Waals surface area contributed by atoms with Gasteiger partial charge >= 0.3 is 0 Å². The molecule has 4 heterocycles. The summed E-state index contributed by atoms with van der Waals surface area (Å²) < 4.78 is 16.7. The number of halogens is 1. The zero-order chi connectivity index (χ0) is 20.7. The van der Waals surface area contributed by atoms with Gasteiger partial charge in [-0.1, -0.05) is 11.6 Å². The molecule has 0 N–H and O–H groups in total. The van der Waals surface area contributed by atoms with Gasteiger partial charge in [0.25, 0.3) is 6.01 Å². The smallest absolute Gasteiger partial charge is 0.298 e. The van der Waals surface area contributed by atoms with Crippen molar-refractivity contribution in [3.63, 3.8) is 0 Å². The fraction of sp³-hybridized carbons (Fsp3) is 0.476. The number of amides is 1. The van der Waals surface area contributed by atoms with Gasteiger partial charge in [0.1, 0.15) is 23.6 Å². The lowest BCUT2D eigenvalue weighted by Crippen LogP contribution is -2.44. The predicted octanol–water partition coefficient (Wildman–Crippen LogP) is 3.42. The van der Waals surface area contributed by atoms with E-state index in [1.54, 1.807) is 19.2 Å². The van der Waals surface area contributed by atoms with Crippen LogP contribution >= 0.6 is 11.6 Å². The van der Waals surface area contributed by atoms with Crippen molar-refractivity contribution in [1.29, 1.82) is 0 Å². The Morgan fingerprint density at radius 2 is 2.07 bits per heavy atom. The van der Waals surface area contributed by atoms with Crippen LogP contribution in [0, 0.1) is 5.92 Å². The number of piperidine rings is 1. The second-order valence-electron chi connectivity index (χ2n) is 7.79. The number of hydrogen-bond acceptors (Lipinski definition) is 7. The van der Waals surface area contributed by atoms with Crippen LogP contribution in [0.3, 0.4) is 0 Å². The number of ether oxygens (including phenoxy) is 1. The normalized spacial score (nSPS) is 17.5. The molecule has 5 rings (SSSR count). The number of aromatic nitrogens is 2. The molecule has 2 aromatic heterocycles. The summed E-state index contributed by atoms with van der Waals surface area (Å²) in [7, 11) is 1.61. The molecule has 30 heavy (non-hydrogen) atoms. The lowest BCUT2D eigenvalue weighted by atomic mass is 9.94. The van der Waals surface area contributed by atoms with E-state index in [9.17, 15) is 4.79 Å². The fourth-order valence-electron chi connectivity index (χ4n) is 4.22. The van der Waals surface area contributed by atoms with E-state index in [1.165, 1.54) is 0 Å². The van der Waals surface area contributed by atoms with Crippen LogP contribution < -0.4 is 4.90 Å². The molecule has 8 nitrogen and oxygen atoms in total. The third kappa shape index (κ3) is 3.65. The number of rotatable bonds is 4. The molecule has 158 valence electrons. The van der Waals surface area contributed by atoms with Crippen molar-refractivity contribution in [3.05, 3.63) is 40.6 Å². The number of methoxy groups -OCH3 is 1. The van der Waals surface area contributed by atoms with E-state index >= 15 is 0 Å². The molecule has 0 atom stereocenters. The largest absolute Gasteiger partial charge is 0.443 e. The van der Waals surface area contributed by atoms with Crippen LogP contribution in [0.2, 0.25) is 5.02 Å². The molecular formula is C21H23ClN4O4. The minimum atomic E-state index is 0.00645. The van der Waals surface area contributed by atoms with Crippen molar-refractivity contribution in [2.45, 2.75) is 32.4 Å². The van der Waals surface area contributed by atoms with Gasteiger partial charge in [-0.15, -0.1) is 0 Å². The molecule has 2 aliphatic rings. The molecule has 0 saturated carbocycles. The summed E-state index contributed by atoms with van der Waals surface area (Å²) in [5.41, 5.74) is 2.32. The highest BCUT2D eigenvalue weighted by atomic mass is 35.5. The number of carbonyl (C=O) groups excluding carboxylic acids is 1. The number of hydrogen-bond donors (Lipinski definition) is 0. The lowest BCUT2D eigenvalue weighted by molar-refractivity contribution is -0.137. The summed E-state index contributed by atoms with van der Waals surface area (Å²) in [6.07, 6.45) is 2.24.